The van der Waals surface area contributed by atoms with Gasteiger partial charge in [0.2, 0.25) is 0 Å². The highest BCUT2D eigenvalue weighted by Gasteiger charge is 2.29. The van der Waals surface area contributed by atoms with Crippen molar-refractivity contribution in [2.45, 2.75) is 27.2 Å². The van der Waals surface area contributed by atoms with Gasteiger partial charge in [-0.25, -0.2) is 0 Å². The number of methoxy groups -OCH3 is 1. The predicted molar refractivity (Wildman–Crippen MR) is 51.6 cm³/mol. The summed E-state index contributed by atoms with van der Waals surface area (Å²) in [5, 5.41) is 0. The first-order chi connectivity index (χ1) is 6.52. The number of carbonyl (C=O) groups is 2. The van der Waals surface area contributed by atoms with Crippen molar-refractivity contribution in [3.63, 3.8) is 0 Å². The van der Waals surface area contributed by atoms with E-state index in [4.69, 9.17) is 4.74 Å². The van der Waals surface area contributed by atoms with Crippen LogP contribution in [0.5, 0.6) is 0 Å². The van der Waals surface area contributed by atoms with Crippen molar-refractivity contribution in [3.05, 3.63) is 0 Å². The molecule has 0 saturated heterocycles. The van der Waals surface area contributed by atoms with Crippen molar-refractivity contribution in [1.29, 1.82) is 0 Å². The Morgan fingerprint density at radius 3 is 2.14 bits per heavy atom. The van der Waals surface area contributed by atoms with Gasteiger partial charge in [-0.1, -0.05) is 13.8 Å². The minimum absolute atomic E-state index is 0.253. The minimum atomic E-state index is -0.778. The molecule has 0 fully saturated rings. The molecule has 82 valence electrons. The van der Waals surface area contributed by atoms with Crippen LogP contribution in [0, 0.1) is 11.8 Å². The lowest BCUT2D eigenvalue weighted by molar-refractivity contribution is -0.161. The molecule has 0 saturated carbocycles. The average Bonchev–Trinajstić information content (AvgIpc) is 2.13. The standard InChI is InChI=1S/C10H18O4/c1-5-14-10(12)8(6-7(2)3)9(11)13-4/h7-8H,5-6H2,1-4H3. The summed E-state index contributed by atoms with van der Waals surface area (Å²) in [7, 11) is 1.27. The Bertz CT molecular complexity index is 198. The molecule has 0 rings (SSSR count). The Morgan fingerprint density at radius 1 is 1.21 bits per heavy atom. The van der Waals surface area contributed by atoms with Gasteiger partial charge in [0.25, 0.3) is 0 Å². The van der Waals surface area contributed by atoms with Crippen molar-refractivity contribution < 1.29 is 19.1 Å². The zero-order valence-corrected chi connectivity index (χ0v) is 9.20. The van der Waals surface area contributed by atoms with Gasteiger partial charge in [-0.3, -0.25) is 9.59 Å². The van der Waals surface area contributed by atoms with Gasteiger partial charge < -0.3 is 9.47 Å². The minimum Gasteiger partial charge on any atom is -0.468 e. The first-order valence-corrected chi connectivity index (χ1v) is 4.77. The summed E-state index contributed by atoms with van der Waals surface area (Å²) in [6.45, 7) is 5.87. The second-order valence-electron chi connectivity index (χ2n) is 3.46. The fraction of sp³-hybridized carbons (Fsp3) is 0.800. The third-order valence-electron chi connectivity index (χ3n) is 1.76. The zero-order chi connectivity index (χ0) is 11.1. The molecule has 4 nitrogen and oxygen atoms in total. The molecule has 0 amide bonds. The van der Waals surface area contributed by atoms with Crippen LogP contribution in [-0.4, -0.2) is 25.7 Å². The van der Waals surface area contributed by atoms with Gasteiger partial charge in [-0.05, 0) is 19.3 Å². The van der Waals surface area contributed by atoms with Crippen LogP contribution in [-0.2, 0) is 19.1 Å². The van der Waals surface area contributed by atoms with Gasteiger partial charge in [0.05, 0.1) is 13.7 Å². The molecule has 0 aromatic carbocycles. The summed E-state index contributed by atoms with van der Waals surface area (Å²) >= 11 is 0. The van der Waals surface area contributed by atoms with Crippen molar-refractivity contribution >= 4 is 11.9 Å². The van der Waals surface area contributed by atoms with E-state index in [9.17, 15) is 9.59 Å². The normalized spacial score (nSPS) is 12.4. The molecule has 0 aliphatic carbocycles. The average molecular weight is 202 g/mol. The molecule has 1 atom stereocenters. The first-order valence-electron chi connectivity index (χ1n) is 4.77. The number of ether oxygens (including phenoxy) is 2. The predicted octanol–water partition coefficient (Wildman–Crippen LogP) is 1.38. The molecular weight excluding hydrogens is 184 g/mol. The Balaban J connectivity index is 4.38. The smallest absolute Gasteiger partial charge is 0.320 e. The number of rotatable bonds is 5. The molecule has 0 spiro atoms. The molecule has 4 heteroatoms. The van der Waals surface area contributed by atoms with Crippen LogP contribution in [0.15, 0.2) is 0 Å². The number of hydrogen-bond acceptors (Lipinski definition) is 4. The third-order valence-corrected chi connectivity index (χ3v) is 1.76. The van der Waals surface area contributed by atoms with Gasteiger partial charge in [0.1, 0.15) is 0 Å². The molecule has 0 aliphatic heterocycles. The van der Waals surface area contributed by atoms with E-state index in [0.29, 0.717) is 6.42 Å². The van der Waals surface area contributed by atoms with Crippen molar-refractivity contribution in [1.82, 2.24) is 0 Å². The number of esters is 2. The maximum absolute atomic E-state index is 11.4. The monoisotopic (exact) mass is 202 g/mol. The third kappa shape index (κ3) is 4.25. The van der Waals surface area contributed by atoms with Gasteiger partial charge in [-0.15, -0.1) is 0 Å². The Morgan fingerprint density at radius 2 is 1.79 bits per heavy atom. The molecule has 0 N–H and O–H groups in total. The van der Waals surface area contributed by atoms with Crippen LogP contribution >= 0.6 is 0 Å². The summed E-state index contributed by atoms with van der Waals surface area (Å²) in [6.07, 6.45) is 0.464. The van der Waals surface area contributed by atoms with Crippen LogP contribution < -0.4 is 0 Å². The molecule has 0 radical (unpaired) electrons. The van der Waals surface area contributed by atoms with Crippen molar-refractivity contribution in [2.75, 3.05) is 13.7 Å². The number of hydrogen-bond donors (Lipinski definition) is 0. The van der Waals surface area contributed by atoms with Crippen molar-refractivity contribution in [2.24, 2.45) is 11.8 Å². The first kappa shape index (κ1) is 12.9. The van der Waals surface area contributed by atoms with Crippen molar-refractivity contribution in [3.8, 4) is 0 Å². The largest absolute Gasteiger partial charge is 0.468 e. The fourth-order valence-corrected chi connectivity index (χ4v) is 1.15. The van der Waals surface area contributed by atoms with Crippen LogP contribution in [0.3, 0.4) is 0 Å². The maximum atomic E-state index is 11.4. The molecule has 0 heterocycles. The highest BCUT2D eigenvalue weighted by atomic mass is 16.5. The molecular formula is C10H18O4. The molecule has 0 aromatic heterocycles. The summed E-state index contributed by atoms with van der Waals surface area (Å²) in [5.74, 6) is -1.53. The molecule has 14 heavy (non-hydrogen) atoms. The van der Waals surface area contributed by atoms with Crippen LogP contribution in [0.2, 0.25) is 0 Å². The van der Waals surface area contributed by atoms with Crippen LogP contribution in [0.4, 0.5) is 0 Å². The second kappa shape index (κ2) is 6.40. The summed E-state index contributed by atoms with van der Waals surface area (Å²) < 4.78 is 9.33. The maximum Gasteiger partial charge on any atom is 0.320 e. The van der Waals surface area contributed by atoms with Gasteiger partial charge >= 0.3 is 11.9 Å². The Kier molecular flexibility index (Phi) is 5.92. The van der Waals surface area contributed by atoms with Gasteiger partial charge in [0, 0.05) is 0 Å². The molecule has 0 aliphatic rings. The Hall–Kier alpha value is -1.06. The van der Waals surface area contributed by atoms with Crippen LogP contribution in [0.25, 0.3) is 0 Å². The Labute approximate surface area is 84.6 Å². The lowest BCUT2D eigenvalue weighted by atomic mass is 9.97. The quantitative estimate of drug-likeness (QED) is 0.499. The van der Waals surface area contributed by atoms with Crippen LogP contribution in [0.1, 0.15) is 27.2 Å². The van der Waals surface area contributed by atoms with E-state index >= 15 is 0 Å². The van der Waals surface area contributed by atoms with E-state index in [-0.39, 0.29) is 12.5 Å². The fourth-order valence-electron chi connectivity index (χ4n) is 1.15. The summed E-state index contributed by atoms with van der Waals surface area (Å²) in [4.78, 5) is 22.6. The number of carbonyl (C=O) groups excluding carboxylic acids is 2. The van der Waals surface area contributed by atoms with E-state index in [1.807, 2.05) is 13.8 Å². The van der Waals surface area contributed by atoms with E-state index in [2.05, 4.69) is 4.74 Å². The van der Waals surface area contributed by atoms with Gasteiger partial charge in [-0.2, -0.15) is 0 Å². The summed E-state index contributed by atoms with van der Waals surface area (Å²) in [5.41, 5.74) is 0. The highest BCUT2D eigenvalue weighted by molar-refractivity contribution is 5.94. The van der Waals surface area contributed by atoms with Gasteiger partial charge in [0.15, 0.2) is 5.92 Å². The zero-order valence-electron chi connectivity index (χ0n) is 9.20. The lowest BCUT2D eigenvalue weighted by Crippen LogP contribution is -2.28. The van der Waals surface area contributed by atoms with E-state index in [1.54, 1.807) is 6.92 Å². The molecule has 1 unspecified atom stereocenters. The second-order valence-corrected chi connectivity index (χ2v) is 3.46. The topological polar surface area (TPSA) is 52.6 Å². The molecule has 0 bridgehead atoms. The lowest BCUT2D eigenvalue weighted by Gasteiger charge is -2.14. The van der Waals surface area contributed by atoms with E-state index in [1.165, 1.54) is 7.11 Å². The highest BCUT2D eigenvalue weighted by Crippen LogP contribution is 2.14. The SMILES string of the molecule is CCOC(=O)C(CC(C)C)C(=O)OC. The van der Waals surface area contributed by atoms with E-state index < -0.39 is 17.9 Å². The molecule has 0 aromatic rings. The summed E-state index contributed by atoms with van der Waals surface area (Å²) in [6, 6.07) is 0. The van der Waals surface area contributed by atoms with E-state index in [0.717, 1.165) is 0 Å².